The number of nitrogen functional groups attached to an aromatic ring is 1. The molecular weight excluding hydrogens is 413 g/mol. The first-order chi connectivity index (χ1) is 14.3. The molecule has 0 aliphatic carbocycles. The lowest BCUT2D eigenvalue weighted by molar-refractivity contribution is -0.0746. The Hall–Kier alpha value is -2.49. The Morgan fingerprint density at radius 2 is 2.00 bits per heavy atom. The highest BCUT2D eigenvalue weighted by molar-refractivity contribution is 6.33. The number of benzene rings is 1. The number of aryl methyl sites for hydroxylation is 2. The van der Waals surface area contributed by atoms with Crippen LogP contribution in [0.15, 0.2) is 12.3 Å². The standard InChI is InChI=1S/C13H11ClFN5O.C7H12O2/c1-5-18-10-8(15)3-6(12(21)11(10)20(5)2)9-7(14)4-17-13(16)19-9;8-6-3-1-5-2-4-7(6)9-5/h3-4,21H,1-2H3,(H2,16,17,19);5-8H,1-4H2/t;5-,6?,7?/m.0/s1. The van der Waals surface area contributed by atoms with E-state index in [4.69, 9.17) is 22.1 Å². The molecule has 2 saturated heterocycles. The number of aliphatic hydroxyl groups excluding tert-OH is 1. The minimum Gasteiger partial charge on any atom is -0.505 e. The molecule has 10 heteroatoms. The maximum absolute atomic E-state index is 14.2. The molecule has 5 rings (SSSR count). The van der Waals surface area contributed by atoms with E-state index in [0.29, 0.717) is 11.9 Å². The fourth-order valence-electron chi connectivity index (χ4n) is 3.96. The van der Waals surface area contributed by atoms with Crippen LogP contribution in [0.4, 0.5) is 10.3 Å². The summed E-state index contributed by atoms with van der Waals surface area (Å²) in [6.07, 6.45) is 6.07. The number of rotatable bonds is 1. The van der Waals surface area contributed by atoms with Crippen LogP contribution in [0.25, 0.3) is 22.3 Å². The van der Waals surface area contributed by atoms with Gasteiger partial charge in [0, 0.05) is 12.6 Å². The minimum atomic E-state index is -0.574. The summed E-state index contributed by atoms with van der Waals surface area (Å²) in [5.74, 6) is -0.176. The van der Waals surface area contributed by atoms with Crippen LogP contribution in [0.2, 0.25) is 5.02 Å². The van der Waals surface area contributed by atoms with E-state index in [2.05, 4.69) is 15.0 Å². The quantitative estimate of drug-likeness (QED) is 0.537. The molecule has 4 N–H and O–H groups in total. The fourth-order valence-corrected chi connectivity index (χ4v) is 4.15. The summed E-state index contributed by atoms with van der Waals surface area (Å²) in [5, 5.41) is 19.9. The zero-order valence-electron chi connectivity index (χ0n) is 16.6. The number of phenolic OH excluding ortho intramolecular Hbond substituents is 1. The van der Waals surface area contributed by atoms with E-state index in [0.717, 1.165) is 25.3 Å². The number of halogens is 2. The Balaban J connectivity index is 0.000000200. The summed E-state index contributed by atoms with van der Waals surface area (Å²) in [6, 6.07) is 1.14. The summed E-state index contributed by atoms with van der Waals surface area (Å²) < 4.78 is 21.3. The van der Waals surface area contributed by atoms with Gasteiger partial charge >= 0.3 is 0 Å². The van der Waals surface area contributed by atoms with Crippen molar-refractivity contribution in [2.75, 3.05) is 5.73 Å². The number of anilines is 1. The molecule has 2 unspecified atom stereocenters. The van der Waals surface area contributed by atoms with Gasteiger partial charge in [-0.1, -0.05) is 11.6 Å². The fraction of sp³-hybridized carbons (Fsp3) is 0.450. The first-order valence-electron chi connectivity index (χ1n) is 9.72. The number of aromatic hydroxyl groups is 1. The number of fused-ring (bicyclic) bond motifs is 3. The SMILES string of the molecule is Cc1nc2c(F)cc(-c3nc(N)ncc3Cl)c(O)c2n1C.OC1CC[C@H]2CCC1O2. The zero-order valence-corrected chi connectivity index (χ0v) is 17.4. The highest BCUT2D eigenvalue weighted by Gasteiger charge is 2.35. The van der Waals surface area contributed by atoms with Gasteiger partial charge in [-0.25, -0.2) is 19.3 Å². The summed E-state index contributed by atoms with van der Waals surface area (Å²) in [7, 11) is 1.68. The average Bonchev–Trinajstić information content (AvgIpc) is 3.26. The molecule has 2 aliphatic rings. The lowest BCUT2D eigenvalue weighted by Gasteiger charge is -2.24. The molecule has 0 spiro atoms. The third-order valence-corrected chi connectivity index (χ3v) is 5.94. The molecule has 4 heterocycles. The predicted molar refractivity (Wildman–Crippen MR) is 111 cm³/mol. The van der Waals surface area contributed by atoms with Crippen LogP contribution in [0.3, 0.4) is 0 Å². The zero-order chi connectivity index (χ0) is 21.6. The van der Waals surface area contributed by atoms with Gasteiger partial charge in [0.25, 0.3) is 0 Å². The molecule has 0 radical (unpaired) electrons. The largest absolute Gasteiger partial charge is 0.505 e. The van der Waals surface area contributed by atoms with Crippen molar-refractivity contribution < 1.29 is 19.3 Å². The van der Waals surface area contributed by atoms with Gasteiger partial charge in [0.05, 0.1) is 35.2 Å². The maximum Gasteiger partial charge on any atom is 0.220 e. The third kappa shape index (κ3) is 3.68. The highest BCUT2D eigenvalue weighted by atomic mass is 35.5. The number of imidazole rings is 1. The molecule has 30 heavy (non-hydrogen) atoms. The smallest absolute Gasteiger partial charge is 0.220 e. The summed E-state index contributed by atoms with van der Waals surface area (Å²) >= 11 is 6.01. The Morgan fingerprint density at radius 3 is 2.73 bits per heavy atom. The van der Waals surface area contributed by atoms with Gasteiger partial charge in [0.15, 0.2) is 11.6 Å². The maximum atomic E-state index is 14.2. The molecule has 0 saturated carbocycles. The number of nitrogens with zero attached hydrogens (tertiary/aromatic N) is 4. The lowest BCUT2D eigenvalue weighted by Crippen LogP contribution is -2.31. The highest BCUT2D eigenvalue weighted by Crippen LogP contribution is 2.39. The van der Waals surface area contributed by atoms with Gasteiger partial charge in [-0.3, -0.25) is 0 Å². The number of phenols is 1. The molecule has 2 bridgehead atoms. The normalized spacial score (nSPS) is 22.8. The van der Waals surface area contributed by atoms with E-state index in [9.17, 15) is 14.6 Å². The predicted octanol–water partition coefficient (Wildman–Crippen LogP) is 3.11. The molecule has 3 aromatic rings. The lowest BCUT2D eigenvalue weighted by atomic mass is 10.1. The van der Waals surface area contributed by atoms with Crippen molar-refractivity contribution in [2.24, 2.45) is 7.05 Å². The van der Waals surface area contributed by atoms with Gasteiger partial charge in [0.2, 0.25) is 5.95 Å². The van der Waals surface area contributed by atoms with Crippen LogP contribution in [-0.2, 0) is 11.8 Å². The molecule has 2 aliphatic heterocycles. The van der Waals surface area contributed by atoms with Gasteiger partial charge in [-0.2, -0.15) is 0 Å². The summed E-state index contributed by atoms with van der Waals surface area (Å²) in [5.41, 5.74) is 6.20. The van der Waals surface area contributed by atoms with Crippen molar-refractivity contribution in [1.29, 1.82) is 0 Å². The van der Waals surface area contributed by atoms with Crippen molar-refractivity contribution in [3.63, 3.8) is 0 Å². The van der Waals surface area contributed by atoms with Crippen molar-refractivity contribution in [1.82, 2.24) is 19.5 Å². The molecular formula is C20H23ClFN5O3. The van der Waals surface area contributed by atoms with E-state index in [1.165, 1.54) is 12.6 Å². The number of aliphatic hydroxyl groups is 1. The molecule has 3 atom stereocenters. The van der Waals surface area contributed by atoms with Gasteiger partial charge < -0.3 is 25.3 Å². The average molecular weight is 436 g/mol. The van der Waals surface area contributed by atoms with E-state index in [1.54, 1.807) is 18.5 Å². The van der Waals surface area contributed by atoms with Crippen LogP contribution in [0.1, 0.15) is 31.5 Å². The van der Waals surface area contributed by atoms with Crippen LogP contribution in [-0.4, -0.2) is 48.0 Å². The molecule has 0 amide bonds. The minimum absolute atomic E-state index is 0.0181. The summed E-state index contributed by atoms with van der Waals surface area (Å²) in [6.45, 7) is 1.72. The Morgan fingerprint density at radius 1 is 1.27 bits per heavy atom. The number of aromatic nitrogens is 4. The van der Waals surface area contributed by atoms with Gasteiger partial charge in [-0.05, 0) is 38.7 Å². The number of ether oxygens (including phenoxy) is 1. The van der Waals surface area contributed by atoms with Crippen LogP contribution >= 0.6 is 11.6 Å². The Kier molecular flexibility index (Phi) is 5.52. The Labute approximate surface area is 177 Å². The van der Waals surface area contributed by atoms with E-state index < -0.39 is 5.82 Å². The second-order valence-electron chi connectivity index (χ2n) is 7.61. The topological polar surface area (TPSA) is 119 Å². The first-order valence-corrected chi connectivity index (χ1v) is 10.1. The second-order valence-corrected chi connectivity index (χ2v) is 8.02. The van der Waals surface area contributed by atoms with Crippen LogP contribution in [0, 0.1) is 12.7 Å². The monoisotopic (exact) mass is 435 g/mol. The third-order valence-electron chi connectivity index (χ3n) is 5.67. The number of nitrogens with two attached hydrogens (primary N) is 1. The first kappa shape index (κ1) is 20.8. The van der Waals surface area contributed by atoms with Crippen LogP contribution < -0.4 is 5.73 Å². The molecule has 2 fully saturated rings. The molecule has 1 aromatic carbocycles. The second kappa shape index (κ2) is 7.98. The molecule has 160 valence electrons. The van der Waals surface area contributed by atoms with E-state index >= 15 is 0 Å². The molecule has 8 nitrogen and oxygen atoms in total. The van der Waals surface area contributed by atoms with Crippen molar-refractivity contribution in [2.45, 2.75) is 50.9 Å². The number of hydrogen-bond donors (Lipinski definition) is 3. The number of hydrogen-bond acceptors (Lipinski definition) is 7. The molecule has 2 aromatic heterocycles. The van der Waals surface area contributed by atoms with Gasteiger partial charge in [0.1, 0.15) is 16.9 Å². The van der Waals surface area contributed by atoms with E-state index in [-0.39, 0.29) is 51.2 Å². The van der Waals surface area contributed by atoms with Crippen molar-refractivity contribution in [3.8, 4) is 17.0 Å². The summed E-state index contributed by atoms with van der Waals surface area (Å²) in [4.78, 5) is 11.8. The van der Waals surface area contributed by atoms with Crippen LogP contribution in [0.5, 0.6) is 5.75 Å². The van der Waals surface area contributed by atoms with Crippen molar-refractivity contribution >= 4 is 28.6 Å². The van der Waals surface area contributed by atoms with E-state index in [1.807, 2.05) is 0 Å². The Bertz CT molecular complexity index is 1110. The van der Waals surface area contributed by atoms with Gasteiger partial charge in [-0.15, -0.1) is 0 Å². The van der Waals surface area contributed by atoms with Crippen molar-refractivity contribution in [3.05, 3.63) is 28.9 Å².